The lowest BCUT2D eigenvalue weighted by Crippen LogP contribution is -2.30. The van der Waals surface area contributed by atoms with Crippen molar-refractivity contribution in [3.63, 3.8) is 0 Å². The third kappa shape index (κ3) is 3.90. The number of rotatable bonds is 5. The highest BCUT2D eigenvalue weighted by molar-refractivity contribution is 7.17. The van der Waals surface area contributed by atoms with Gasteiger partial charge in [0.2, 0.25) is 0 Å². The van der Waals surface area contributed by atoms with Crippen LogP contribution in [0.3, 0.4) is 0 Å². The molecule has 0 spiro atoms. The molecule has 2 atom stereocenters. The summed E-state index contributed by atoms with van der Waals surface area (Å²) < 4.78 is 5.70. The number of hydrogen-bond donors (Lipinski definition) is 2. The predicted octanol–water partition coefficient (Wildman–Crippen LogP) is 3.69. The number of aryl methyl sites for hydroxylation is 1. The van der Waals surface area contributed by atoms with Gasteiger partial charge in [0.25, 0.3) is 11.8 Å². The van der Waals surface area contributed by atoms with E-state index in [1.807, 2.05) is 31.2 Å². The Morgan fingerprint density at radius 2 is 2.00 bits per heavy atom. The van der Waals surface area contributed by atoms with E-state index in [-0.39, 0.29) is 5.91 Å². The van der Waals surface area contributed by atoms with Gasteiger partial charge in [0.15, 0.2) is 6.10 Å². The fourth-order valence-electron chi connectivity index (χ4n) is 3.19. The molecular formula is C20H24N2O3S. The maximum absolute atomic E-state index is 12.6. The normalized spacial score (nSPS) is 17.3. The molecule has 1 heterocycles. The van der Waals surface area contributed by atoms with Gasteiger partial charge >= 0.3 is 0 Å². The molecule has 1 aliphatic carbocycles. The highest BCUT2D eigenvalue weighted by Gasteiger charge is 2.28. The van der Waals surface area contributed by atoms with Gasteiger partial charge in [-0.25, -0.2) is 0 Å². The van der Waals surface area contributed by atoms with Crippen LogP contribution in [-0.4, -0.2) is 17.9 Å². The quantitative estimate of drug-likeness (QED) is 0.840. The van der Waals surface area contributed by atoms with E-state index in [1.165, 1.54) is 11.3 Å². The second-order valence-corrected chi connectivity index (χ2v) is 8.09. The zero-order valence-corrected chi connectivity index (χ0v) is 16.1. The van der Waals surface area contributed by atoms with Crippen LogP contribution in [0.4, 0.5) is 5.00 Å². The highest BCUT2D eigenvalue weighted by atomic mass is 32.1. The summed E-state index contributed by atoms with van der Waals surface area (Å²) in [6.07, 6.45) is 2.10. The maximum atomic E-state index is 12.6. The van der Waals surface area contributed by atoms with Crippen LogP contribution in [0.5, 0.6) is 5.75 Å². The van der Waals surface area contributed by atoms with E-state index in [0.717, 1.165) is 35.3 Å². The SMILES string of the molecule is Cc1ccc(O[C@H](C)C(=O)Nc2sc3c(c2C(N)=O)CC[C@H](C)C3)cc1. The van der Waals surface area contributed by atoms with Crippen LogP contribution < -0.4 is 15.8 Å². The van der Waals surface area contributed by atoms with Crippen LogP contribution in [0, 0.1) is 12.8 Å². The third-order valence-electron chi connectivity index (χ3n) is 4.70. The molecule has 26 heavy (non-hydrogen) atoms. The molecule has 5 nitrogen and oxygen atoms in total. The largest absolute Gasteiger partial charge is 0.481 e. The molecule has 0 bridgehead atoms. The van der Waals surface area contributed by atoms with Crippen LogP contribution in [0.2, 0.25) is 0 Å². The van der Waals surface area contributed by atoms with Gasteiger partial charge in [-0.05, 0) is 56.7 Å². The van der Waals surface area contributed by atoms with Crippen molar-refractivity contribution in [1.82, 2.24) is 0 Å². The fourth-order valence-corrected chi connectivity index (χ4v) is 4.61. The third-order valence-corrected chi connectivity index (χ3v) is 5.87. The molecular weight excluding hydrogens is 348 g/mol. The van der Waals surface area contributed by atoms with E-state index in [9.17, 15) is 9.59 Å². The van der Waals surface area contributed by atoms with Crippen LogP contribution in [-0.2, 0) is 17.6 Å². The van der Waals surface area contributed by atoms with Gasteiger partial charge in [-0.15, -0.1) is 11.3 Å². The monoisotopic (exact) mass is 372 g/mol. The predicted molar refractivity (Wildman–Crippen MR) is 104 cm³/mol. The first-order valence-corrected chi connectivity index (χ1v) is 9.65. The molecule has 138 valence electrons. The zero-order chi connectivity index (χ0) is 18.8. The molecule has 6 heteroatoms. The summed E-state index contributed by atoms with van der Waals surface area (Å²) in [6, 6.07) is 7.53. The standard InChI is InChI=1S/C20H24N2O3S/c1-11-4-7-14(8-5-11)25-13(3)19(24)22-20-17(18(21)23)15-9-6-12(2)10-16(15)26-20/h4-5,7-8,12-13H,6,9-10H2,1-3H3,(H2,21,23)(H,22,24)/t12-,13+/m0/s1. The van der Waals surface area contributed by atoms with Crippen LogP contribution >= 0.6 is 11.3 Å². The Hall–Kier alpha value is -2.34. The van der Waals surface area contributed by atoms with E-state index in [0.29, 0.717) is 22.2 Å². The Morgan fingerprint density at radius 1 is 1.31 bits per heavy atom. The number of ether oxygens (including phenoxy) is 1. The molecule has 0 saturated heterocycles. The van der Waals surface area contributed by atoms with E-state index < -0.39 is 12.0 Å². The zero-order valence-electron chi connectivity index (χ0n) is 15.3. The van der Waals surface area contributed by atoms with Crippen molar-refractivity contribution in [3.05, 3.63) is 45.8 Å². The van der Waals surface area contributed by atoms with Crippen molar-refractivity contribution in [2.75, 3.05) is 5.32 Å². The van der Waals surface area contributed by atoms with Crippen LogP contribution in [0.25, 0.3) is 0 Å². The number of nitrogens with two attached hydrogens (primary N) is 1. The highest BCUT2D eigenvalue weighted by Crippen LogP contribution is 2.39. The molecule has 2 amide bonds. The van der Waals surface area contributed by atoms with E-state index in [1.54, 1.807) is 6.92 Å². The molecule has 1 aromatic heterocycles. The summed E-state index contributed by atoms with van der Waals surface area (Å²) in [5.74, 6) is 0.432. The number of primary amides is 1. The van der Waals surface area contributed by atoms with Gasteiger partial charge in [0.1, 0.15) is 10.8 Å². The molecule has 0 radical (unpaired) electrons. The lowest BCUT2D eigenvalue weighted by Gasteiger charge is -2.18. The number of carbonyl (C=O) groups excluding carboxylic acids is 2. The van der Waals surface area contributed by atoms with Gasteiger partial charge < -0.3 is 15.8 Å². The number of nitrogens with one attached hydrogen (secondary N) is 1. The minimum atomic E-state index is -0.684. The van der Waals surface area contributed by atoms with Crippen molar-refractivity contribution in [2.24, 2.45) is 11.7 Å². The number of anilines is 1. The number of carbonyl (C=O) groups is 2. The Balaban J connectivity index is 1.76. The Morgan fingerprint density at radius 3 is 2.65 bits per heavy atom. The number of hydrogen-bond acceptors (Lipinski definition) is 4. The molecule has 3 N–H and O–H groups in total. The summed E-state index contributed by atoms with van der Waals surface area (Å²) in [6.45, 7) is 5.88. The topological polar surface area (TPSA) is 81.4 Å². The summed E-state index contributed by atoms with van der Waals surface area (Å²) >= 11 is 1.46. The van der Waals surface area contributed by atoms with E-state index in [2.05, 4.69) is 12.2 Å². The van der Waals surface area contributed by atoms with Gasteiger partial charge in [0, 0.05) is 4.88 Å². The first-order chi connectivity index (χ1) is 12.3. The number of fused-ring (bicyclic) bond motifs is 1. The van der Waals surface area contributed by atoms with Crippen LogP contribution in [0.1, 0.15) is 46.6 Å². The fraction of sp³-hybridized carbons (Fsp3) is 0.400. The maximum Gasteiger partial charge on any atom is 0.265 e. The summed E-state index contributed by atoms with van der Waals surface area (Å²) in [5.41, 5.74) is 8.18. The average Bonchev–Trinajstić information content (AvgIpc) is 2.93. The minimum absolute atomic E-state index is 0.292. The number of benzene rings is 1. The number of thiophene rings is 1. The Kier molecular flexibility index (Phi) is 5.32. The summed E-state index contributed by atoms with van der Waals surface area (Å²) in [7, 11) is 0. The van der Waals surface area contributed by atoms with Crippen LogP contribution in [0.15, 0.2) is 24.3 Å². The van der Waals surface area contributed by atoms with E-state index >= 15 is 0 Å². The van der Waals surface area contributed by atoms with Gasteiger partial charge in [0.05, 0.1) is 5.56 Å². The Labute approximate surface area is 157 Å². The molecule has 2 aromatic rings. The molecule has 1 aliphatic rings. The molecule has 1 aromatic carbocycles. The lowest BCUT2D eigenvalue weighted by molar-refractivity contribution is -0.122. The number of amides is 2. The summed E-state index contributed by atoms with van der Waals surface area (Å²) in [4.78, 5) is 25.7. The van der Waals surface area contributed by atoms with Gasteiger partial charge in [-0.3, -0.25) is 9.59 Å². The average molecular weight is 372 g/mol. The summed E-state index contributed by atoms with van der Waals surface area (Å²) in [5, 5.41) is 3.39. The first kappa shape index (κ1) is 18.5. The molecule has 0 aliphatic heterocycles. The van der Waals surface area contributed by atoms with Gasteiger partial charge in [-0.1, -0.05) is 24.6 Å². The van der Waals surface area contributed by atoms with Crippen molar-refractivity contribution in [3.8, 4) is 5.75 Å². The molecule has 0 fully saturated rings. The minimum Gasteiger partial charge on any atom is -0.481 e. The van der Waals surface area contributed by atoms with E-state index in [4.69, 9.17) is 10.5 Å². The van der Waals surface area contributed by atoms with Crippen molar-refractivity contribution < 1.29 is 14.3 Å². The lowest BCUT2D eigenvalue weighted by atomic mass is 9.88. The molecule has 0 unspecified atom stereocenters. The Bertz CT molecular complexity index is 826. The van der Waals surface area contributed by atoms with Gasteiger partial charge in [-0.2, -0.15) is 0 Å². The first-order valence-electron chi connectivity index (χ1n) is 8.83. The molecule has 3 rings (SSSR count). The molecule has 0 saturated carbocycles. The van der Waals surface area contributed by atoms with Crippen molar-refractivity contribution >= 4 is 28.2 Å². The second-order valence-electron chi connectivity index (χ2n) is 6.98. The van der Waals surface area contributed by atoms with Crippen molar-refractivity contribution in [2.45, 2.75) is 46.1 Å². The smallest absolute Gasteiger partial charge is 0.265 e. The second kappa shape index (κ2) is 7.50. The van der Waals surface area contributed by atoms with Crippen molar-refractivity contribution in [1.29, 1.82) is 0 Å².